The second-order valence-electron chi connectivity index (χ2n) is 5.90. The van der Waals surface area contributed by atoms with Crippen molar-refractivity contribution in [2.45, 2.75) is 19.4 Å². The van der Waals surface area contributed by atoms with Crippen molar-refractivity contribution in [3.05, 3.63) is 42.1 Å². The lowest BCUT2D eigenvalue weighted by Gasteiger charge is -2.30. The maximum Gasteiger partial charge on any atom is 0.323 e. The third-order valence-electron chi connectivity index (χ3n) is 4.07. The predicted octanol–water partition coefficient (Wildman–Crippen LogP) is 1.06. The molecular weight excluding hydrogens is 308 g/mol. The number of anilines is 1. The van der Waals surface area contributed by atoms with Crippen molar-refractivity contribution in [1.82, 2.24) is 19.9 Å². The Morgan fingerprint density at radius 3 is 2.83 bits per heavy atom. The van der Waals surface area contributed by atoms with E-state index in [0.717, 1.165) is 18.4 Å². The molecule has 1 aromatic heterocycles. The SMILES string of the molecule is NC(=O)C1CCCN(C(=O)Nc2cn(Cc3ccccc3)nn2)C1. The quantitative estimate of drug-likeness (QED) is 0.875. The summed E-state index contributed by atoms with van der Waals surface area (Å²) in [6, 6.07) is 9.58. The van der Waals surface area contributed by atoms with Gasteiger partial charge in [-0.3, -0.25) is 10.1 Å². The Morgan fingerprint density at radius 2 is 2.08 bits per heavy atom. The van der Waals surface area contributed by atoms with Crippen molar-refractivity contribution < 1.29 is 9.59 Å². The lowest BCUT2D eigenvalue weighted by molar-refractivity contribution is -0.123. The van der Waals surface area contributed by atoms with E-state index >= 15 is 0 Å². The van der Waals surface area contributed by atoms with Gasteiger partial charge in [-0.05, 0) is 18.4 Å². The van der Waals surface area contributed by atoms with E-state index in [2.05, 4.69) is 15.6 Å². The number of urea groups is 1. The van der Waals surface area contributed by atoms with Crippen LogP contribution < -0.4 is 11.1 Å². The summed E-state index contributed by atoms with van der Waals surface area (Å²) in [6.45, 7) is 1.53. The van der Waals surface area contributed by atoms with E-state index in [4.69, 9.17) is 5.73 Å². The highest BCUT2D eigenvalue weighted by Crippen LogP contribution is 2.17. The van der Waals surface area contributed by atoms with E-state index in [1.807, 2.05) is 30.3 Å². The molecule has 1 saturated heterocycles. The van der Waals surface area contributed by atoms with E-state index in [9.17, 15) is 9.59 Å². The number of carbonyl (C=O) groups is 2. The zero-order valence-corrected chi connectivity index (χ0v) is 13.3. The molecule has 8 nitrogen and oxygen atoms in total. The maximum absolute atomic E-state index is 12.3. The molecule has 0 bridgehead atoms. The van der Waals surface area contributed by atoms with Crippen LogP contribution in [0, 0.1) is 5.92 Å². The molecule has 126 valence electrons. The number of nitrogens with one attached hydrogen (secondary N) is 1. The molecule has 1 atom stereocenters. The topological polar surface area (TPSA) is 106 Å². The van der Waals surface area contributed by atoms with Crippen LogP contribution in [0.4, 0.5) is 10.6 Å². The Bertz CT molecular complexity index is 714. The first-order valence-corrected chi connectivity index (χ1v) is 7.91. The largest absolute Gasteiger partial charge is 0.369 e. The molecule has 0 spiro atoms. The molecule has 3 N–H and O–H groups in total. The Morgan fingerprint density at radius 1 is 1.29 bits per heavy atom. The lowest BCUT2D eigenvalue weighted by atomic mass is 9.98. The van der Waals surface area contributed by atoms with E-state index in [0.29, 0.717) is 25.5 Å². The average Bonchev–Trinajstić information content (AvgIpc) is 3.02. The van der Waals surface area contributed by atoms with Gasteiger partial charge in [0, 0.05) is 13.1 Å². The van der Waals surface area contributed by atoms with Crippen molar-refractivity contribution in [2.75, 3.05) is 18.4 Å². The molecule has 1 aromatic carbocycles. The van der Waals surface area contributed by atoms with Crippen molar-refractivity contribution in [3.8, 4) is 0 Å². The number of likely N-dealkylation sites (tertiary alicyclic amines) is 1. The summed E-state index contributed by atoms with van der Waals surface area (Å²) in [5.74, 6) is -0.253. The number of nitrogens with two attached hydrogens (primary N) is 1. The number of carbonyl (C=O) groups excluding carboxylic acids is 2. The fourth-order valence-electron chi connectivity index (χ4n) is 2.79. The first-order chi connectivity index (χ1) is 11.6. The van der Waals surface area contributed by atoms with Gasteiger partial charge in [-0.2, -0.15) is 0 Å². The molecule has 1 aliphatic heterocycles. The van der Waals surface area contributed by atoms with Crippen LogP contribution in [0.2, 0.25) is 0 Å². The first-order valence-electron chi connectivity index (χ1n) is 7.91. The highest BCUT2D eigenvalue weighted by atomic mass is 16.2. The van der Waals surface area contributed by atoms with Crippen LogP contribution in [0.1, 0.15) is 18.4 Å². The number of primary amides is 1. The minimum atomic E-state index is -0.360. The Kier molecular flexibility index (Phi) is 4.74. The number of rotatable bonds is 4. The van der Waals surface area contributed by atoms with Crippen LogP contribution in [-0.4, -0.2) is 44.9 Å². The van der Waals surface area contributed by atoms with Gasteiger partial charge in [0.2, 0.25) is 5.91 Å². The normalized spacial score (nSPS) is 17.5. The zero-order valence-electron chi connectivity index (χ0n) is 13.3. The zero-order chi connectivity index (χ0) is 16.9. The van der Waals surface area contributed by atoms with Gasteiger partial charge in [0.25, 0.3) is 0 Å². The number of hydrogen-bond donors (Lipinski definition) is 2. The van der Waals surface area contributed by atoms with Crippen LogP contribution in [-0.2, 0) is 11.3 Å². The molecule has 24 heavy (non-hydrogen) atoms. The van der Waals surface area contributed by atoms with Gasteiger partial charge in [-0.25, -0.2) is 9.48 Å². The van der Waals surface area contributed by atoms with Gasteiger partial charge in [-0.1, -0.05) is 35.5 Å². The summed E-state index contributed by atoms with van der Waals surface area (Å²) in [6.07, 6.45) is 3.18. The number of aromatic nitrogens is 3. The van der Waals surface area contributed by atoms with Crippen LogP contribution in [0.3, 0.4) is 0 Å². The highest BCUT2D eigenvalue weighted by molar-refractivity contribution is 5.88. The smallest absolute Gasteiger partial charge is 0.323 e. The molecule has 0 radical (unpaired) electrons. The second kappa shape index (κ2) is 7.12. The van der Waals surface area contributed by atoms with Gasteiger partial charge < -0.3 is 10.6 Å². The van der Waals surface area contributed by atoms with Crippen molar-refractivity contribution in [1.29, 1.82) is 0 Å². The fraction of sp³-hybridized carbons (Fsp3) is 0.375. The van der Waals surface area contributed by atoms with Gasteiger partial charge in [-0.15, -0.1) is 5.10 Å². The molecule has 3 amide bonds. The van der Waals surface area contributed by atoms with E-state index < -0.39 is 0 Å². The van der Waals surface area contributed by atoms with Crippen LogP contribution in [0.15, 0.2) is 36.5 Å². The first kappa shape index (κ1) is 16.0. The summed E-state index contributed by atoms with van der Waals surface area (Å²) in [5.41, 5.74) is 6.43. The Labute approximate surface area is 139 Å². The second-order valence-corrected chi connectivity index (χ2v) is 5.90. The molecule has 0 aliphatic carbocycles. The third-order valence-corrected chi connectivity index (χ3v) is 4.07. The number of amides is 3. The van der Waals surface area contributed by atoms with E-state index in [-0.39, 0.29) is 17.9 Å². The lowest BCUT2D eigenvalue weighted by Crippen LogP contribution is -2.45. The minimum Gasteiger partial charge on any atom is -0.369 e. The Hall–Kier alpha value is -2.90. The van der Waals surface area contributed by atoms with Gasteiger partial charge in [0.1, 0.15) is 0 Å². The van der Waals surface area contributed by atoms with Gasteiger partial charge in [0.05, 0.1) is 18.7 Å². The van der Waals surface area contributed by atoms with E-state index in [1.165, 1.54) is 0 Å². The predicted molar refractivity (Wildman–Crippen MR) is 88.1 cm³/mol. The third kappa shape index (κ3) is 3.89. The fourth-order valence-corrected chi connectivity index (χ4v) is 2.79. The molecular formula is C16H20N6O2. The number of hydrogen-bond acceptors (Lipinski definition) is 4. The molecule has 1 fully saturated rings. The Balaban J connectivity index is 1.58. The summed E-state index contributed by atoms with van der Waals surface area (Å²) in [7, 11) is 0. The monoisotopic (exact) mass is 328 g/mol. The number of benzene rings is 1. The summed E-state index contributed by atoms with van der Waals surface area (Å²) in [4.78, 5) is 25.2. The van der Waals surface area contributed by atoms with Crippen LogP contribution in [0.25, 0.3) is 0 Å². The molecule has 8 heteroatoms. The van der Waals surface area contributed by atoms with E-state index in [1.54, 1.807) is 15.8 Å². The maximum atomic E-state index is 12.3. The van der Waals surface area contributed by atoms with Crippen molar-refractivity contribution >= 4 is 17.8 Å². The summed E-state index contributed by atoms with van der Waals surface area (Å²) < 4.78 is 1.66. The van der Waals surface area contributed by atoms with Gasteiger partial charge >= 0.3 is 6.03 Å². The average molecular weight is 328 g/mol. The number of piperidine rings is 1. The van der Waals surface area contributed by atoms with Crippen LogP contribution >= 0.6 is 0 Å². The highest BCUT2D eigenvalue weighted by Gasteiger charge is 2.27. The molecule has 2 heterocycles. The standard InChI is InChI=1S/C16H20N6O2/c17-15(23)13-7-4-8-21(10-13)16(24)18-14-11-22(20-19-14)9-12-5-2-1-3-6-12/h1-3,5-6,11,13H,4,7-10H2,(H2,17,23)(H,18,24). The van der Waals surface area contributed by atoms with Crippen molar-refractivity contribution in [2.24, 2.45) is 11.7 Å². The number of nitrogens with zero attached hydrogens (tertiary/aromatic N) is 4. The molecule has 1 unspecified atom stereocenters. The molecule has 3 rings (SSSR count). The molecule has 2 aromatic rings. The minimum absolute atomic E-state index is 0.279. The molecule has 1 aliphatic rings. The molecule has 0 saturated carbocycles. The van der Waals surface area contributed by atoms with Gasteiger partial charge in [0.15, 0.2) is 5.82 Å². The van der Waals surface area contributed by atoms with Crippen molar-refractivity contribution in [3.63, 3.8) is 0 Å². The summed E-state index contributed by atoms with van der Waals surface area (Å²) in [5, 5.41) is 10.7. The summed E-state index contributed by atoms with van der Waals surface area (Å²) >= 11 is 0. The van der Waals surface area contributed by atoms with Crippen LogP contribution in [0.5, 0.6) is 0 Å².